The van der Waals surface area contributed by atoms with Crippen molar-refractivity contribution in [2.24, 2.45) is 0 Å². The molecule has 1 atom stereocenters. The first kappa shape index (κ1) is 14.5. The van der Waals surface area contributed by atoms with Gasteiger partial charge in [0.2, 0.25) is 0 Å². The minimum Gasteiger partial charge on any atom is -0.516 e. The molecular formula is C13H21NO2. The fourth-order valence-corrected chi connectivity index (χ4v) is 1.30. The van der Waals surface area contributed by atoms with Crippen LogP contribution >= 0.6 is 0 Å². The van der Waals surface area contributed by atoms with Gasteiger partial charge in [-0.15, -0.1) is 0 Å². The second-order valence-corrected chi connectivity index (χ2v) is 3.75. The monoisotopic (exact) mass is 223 g/mol. The van der Waals surface area contributed by atoms with Crippen molar-refractivity contribution < 1.29 is 10.2 Å². The molecule has 0 radical (unpaired) electrons. The number of rotatable bonds is 3. The van der Waals surface area contributed by atoms with Crippen LogP contribution in [0.1, 0.15) is 12.5 Å². The smallest absolute Gasteiger partial charge is 0.0719 e. The SMILES string of the molecule is C=CO.Cc1ccc(N(C)CC(C)O)cc1. The van der Waals surface area contributed by atoms with Crippen LogP contribution in [0, 0.1) is 6.92 Å². The summed E-state index contributed by atoms with van der Waals surface area (Å²) in [6.07, 6.45) is 0.464. The fraction of sp³-hybridized carbons (Fsp3) is 0.385. The molecule has 3 nitrogen and oxygen atoms in total. The molecule has 0 aromatic heterocycles. The molecule has 1 aromatic carbocycles. The molecule has 0 heterocycles. The lowest BCUT2D eigenvalue weighted by Crippen LogP contribution is -2.26. The van der Waals surface area contributed by atoms with E-state index in [-0.39, 0.29) is 6.10 Å². The molecule has 0 spiro atoms. The molecule has 90 valence electrons. The summed E-state index contributed by atoms with van der Waals surface area (Å²) in [6, 6.07) is 8.29. The van der Waals surface area contributed by atoms with Crippen molar-refractivity contribution in [1.82, 2.24) is 0 Å². The number of anilines is 1. The number of nitrogens with zero attached hydrogens (tertiary/aromatic N) is 1. The van der Waals surface area contributed by atoms with Crippen LogP contribution in [0.3, 0.4) is 0 Å². The third-order valence-corrected chi connectivity index (χ3v) is 2.01. The van der Waals surface area contributed by atoms with E-state index in [1.54, 1.807) is 6.92 Å². The van der Waals surface area contributed by atoms with Crippen molar-refractivity contribution in [3.63, 3.8) is 0 Å². The fourth-order valence-electron chi connectivity index (χ4n) is 1.30. The number of aryl methyl sites for hydroxylation is 1. The first-order valence-corrected chi connectivity index (χ1v) is 5.22. The Kier molecular flexibility index (Phi) is 7.05. The van der Waals surface area contributed by atoms with Crippen LogP contribution < -0.4 is 4.90 Å². The summed E-state index contributed by atoms with van der Waals surface area (Å²) in [5.74, 6) is 0. The van der Waals surface area contributed by atoms with E-state index >= 15 is 0 Å². The topological polar surface area (TPSA) is 43.7 Å². The average molecular weight is 223 g/mol. The van der Waals surface area contributed by atoms with E-state index in [0.717, 1.165) is 11.9 Å². The van der Waals surface area contributed by atoms with Crippen LogP contribution in [0.2, 0.25) is 0 Å². The highest BCUT2D eigenvalue weighted by molar-refractivity contribution is 5.46. The largest absolute Gasteiger partial charge is 0.516 e. The standard InChI is InChI=1S/C11H17NO.C2H4O/c1-9-4-6-11(7-5-9)12(3)8-10(2)13;1-2-3/h4-7,10,13H,8H2,1-3H3;2-3H,1H2. The van der Waals surface area contributed by atoms with Gasteiger partial charge < -0.3 is 15.1 Å². The molecule has 0 fully saturated rings. The first-order chi connectivity index (χ1) is 7.51. The van der Waals surface area contributed by atoms with Crippen molar-refractivity contribution in [1.29, 1.82) is 0 Å². The normalized spacial score (nSPS) is 11.0. The molecule has 1 rings (SSSR count). The molecule has 0 saturated heterocycles. The van der Waals surface area contributed by atoms with Crippen LogP contribution in [0.25, 0.3) is 0 Å². The summed E-state index contributed by atoms with van der Waals surface area (Å²) in [7, 11) is 1.98. The molecule has 0 bridgehead atoms. The molecule has 0 saturated carbocycles. The molecule has 0 aliphatic rings. The van der Waals surface area contributed by atoms with Crippen molar-refractivity contribution in [2.45, 2.75) is 20.0 Å². The van der Waals surface area contributed by atoms with E-state index in [4.69, 9.17) is 5.11 Å². The zero-order chi connectivity index (χ0) is 12.6. The lowest BCUT2D eigenvalue weighted by molar-refractivity contribution is 0.201. The van der Waals surface area contributed by atoms with Gasteiger partial charge in [-0.3, -0.25) is 0 Å². The maximum atomic E-state index is 9.20. The minimum atomic E-state index is -0.286. The van der Waals surface area contributed by atoms with Gasteiger partial charge in [-0.2, -0.15) is 0 Å². The summed E-state index contributed by atoms with van der Waals surface area (Å²) in [5.41, 5.74) is 2.40. The third kappa shape index (κ3) is 6.09. The summed E-state index contributed by atoms with van der Waals surface area (Å²) in [5, 5.41) is 16.5. The quantitative estimate of drug-likeness (QED) is 0.774. The van der Waals surface area contributed by atoms with Crippen molar-refractivity contribution in [3.8, 4) is 0 Å². The Morgan fingerprint density at radius 2 is 1.81 bits per heavy atom. The van der Waals surface area contributed by atoms with Gasteiger partial charge in [0.25, 0.3) is 0 Å². The Bertz CT molecular complexity index is 293. The molecule has 3 heteroatoms. The van der Waals surface area contributed by atoms with Crippen molar-refractivity contribution in [3.05, 3.63) is 42.7 Å². The summed E-state index contributed by atoms with van der Waals surface area (Å²) < 4.78 is 0. The Hall–Kier alpha value is -1.48. The van der Waals surface area contributed by atoms with E-state index in [0.29, 0.717) is 6.54 Å². The molecule has 2 N–H and O–H groups in total. The first-order valence-electron chi connectivity index (χ1n) is 5.22. The van der Waals surface area contributed by atoms with Gasteiger partial charge in [0, 0.05) is 19.3 Å². The summed E-state index contributed by atoms with van der Waals surface area (Å²) in [4.78, 5) is 2.05. The Morgan fingerprint density at radius 3 is 2.19 bits per heavy atom. The maximum absolute atomic E-state index is 9.20. The van der Waals surface area contributed by atoms with Crippen LogP contribution in [0.5, 0.6) is 0 Å². The van der Waals surface area contributed by atoms with E-state index < -0.39 is 0 Å². The zero-order valence-corrected chi connectivity index (χ0v) is 10.2. The van der Waals surface area contributed by atoms with Crippen molar-refractivity contribution in [2.75, 3.05) is 18.5 Å². The van der Waals surface area contributed by atoms with E-state index in [9.17, 15) is 5.11 Å². The second kappa shape index (κ2) is 7.77. The summed E-state index contributed by atoms with van der Waals surface area (Å²) in [6.45, 7) is 7.45. The van der Waals surface area contributed by atoms with E-state index in [2.05, 4.69) is 37.8 Å². The van der Waals surface area contributed by atoms with Crippen LogP contribution in [0.15, 0.2) is 37.1 Å². The maximum Gasteiger partial charge on any atom is 0.0719 e. The van der Waals surface area contributed by atoms with Gasteiger partial charge >= 0.3 is 0 Å². The van der Waals surface area contributed by atoms with Gasteiger partial charge in [-0.25, -0.2) is 0 Å². The molecule has 0 aliphatic carbocycles. The molecule has 1 unspecified atom stereocenters. The van der Waals surface area contributed by atoms with Crippen LogP contribution in [-0.4, -0.2) is 29.9 Å². The minimum absolute atomic E-state index is 0.286. The zero-order valence-electron chi connectivity index (χ0n) is 10.2. The molecular weight excluding hydrogens is 202 g/mol. The van der Waals surface area contributed by atoms with Gasteiger partial charge in [-0.05, 0) is 26.0 Å². The number of likely N-dealkylation sites (N-methyl/N-ethyl adjacent to an activating group) is 1. The van der Waals surface area contributed by atoms with Gasteiger partial charge in [0.1, 0.15) is 0 Å². The summed E-state index contributed by atoms with van der Waals surface area (Å²) >= 11 is 0. The highest BCUT2D eigenvalue weighted by atomic mass is 16.3. The van der Waals surface area contributed by atoms with Crippen molar-refractivity contribution >= 4 is 5.69 Å². The molecule has 0 aliphatic heterocycles. The van der Waals surface area contributed by atoms with Gasteiger partial charge in [0.05, 0.1) is 12.4 Å². The Labute approximate surface area is 97.7 Å². The number of aliphatic hydroxyl groups excluding tert-OH is 2. The molecule has 0 amide bonds. The lowest BCUT2D eigenvalue weighted by atomic mass is 10.2. The third-order valence-electron chi connectivity index (χ3n) is 2.01. The van der Waals surface area contributed by atoms with E-state index in [1.807, 2.05) is 11.9 Å². The Balaban J connectivity index is 0.000000673. The molecule has 16 heavy (non-hydrogen) atoms. The predicted molar refractivity (Wildman–Crippen MR) is 69.0 cm³/mol. The van der Waals surface area contributed by atoms with E-state index in [1.165, 1.54) is 5.56 Å². The second-order valence-electron chi connectivity index (χ2n) is 3.75. The average Bonchev–Trinajstić information content (AvgIpc) is 2.18. The molecule has 1 aromatic rings. The lowest BCUT2D eigenvalue weighted by Gasteiger charge is -2.20. The highest BCUT2D eigenvalue weighted by Crippen LogP contribution is 2.13. The highest BCUT2D eigenvalue weighted by Gasteiger charge is 2.02. The van der Waals surface area contributed by atoms with Crippen LogP contribution in [-0.2, 0) is 0 Å². The number of benzene rings is 1. The van der Waals surface area contributed by atoms with Gasteiger partial charge in [-0.1, -0.05) is 24.3 Å². The number of hydrogen-bond donors (Lipinski definition) is 2. The number of hydrogen-bond acceptors (Lipinski definition) is 3. The Morgan fingerprint density at radius 1 is 1.38 bits per heavy atom. The predicted octanol–water partition coefficient (Wildman–Crippen LogP) is 2.50. The number of aliphatic hydroxyl groups is 2. The van der Waals surface area contributed by atoms with Crippen LogP contribution in [0.4, 0.5) is 5.69 Å². The van der Waals surface area contributed by atoms with Gasteiger partial charge in [0.15, 0.2) is 0 Å².